The molecular formula is C13H31N3O3. The van der Waals surface area contributed by atoms with Gasteiger partial charge in [0.15, 0.2) is 0 Å². The van der Waals surface area contributed by atoms with Crippen LogP contribution in [0.3, 0.4) is 0 Å². The molecule has 0 fully saturated rings. The maximum atomic E-state index is 9.63. The van der Waals surface area contributed by atoms with Crippen molar-refractivity contribution in [3.8, 4) is 0 Å². The number of rotatable bonds is 10. The summed E-state index contributed by atoms with van der Waals surface area (Å²) in [5.74, 6) is 0. The zero-order valence-corrected chi connectivity index (χ0v) is 12.3. The minimum absolute atomic E-state index is 0.208. The molecule has 0 spiro atoms. The number of aliphatic hydroxyl groups excluding tert-OH is 3. The first-order chi connectivity index (χ1) is 8.71. The van der Waals surface area contributed by atoms with Gasteiger partial charge in [0.1, 0.15) is 0 Å². The van der Waals surface area contributed by atoms with Crippen molar-refractivity contribution in [2.45, 2.75) is 69.9 Å². The van der Waals surface area contributed by atoms with Crippen LogP contribution in [0.5, 0.6) is 0 Å². The summed E-state index contributed by atoms with van der Waals surface area (Å²) < 4.78 is 0. The minimum atomic E-state index is -0.783. The maximum absolute atomic E-state index is 9.63. The van der Waals surface area contributed by atoms with Crippen molar-refractivity contribution in [1.29, 1.82) is 0 Å². The lowest BCUT2D eigenvalue weighted by Gasteiger charge is -2.40. The predicted octanol–water partition coefficient (Wildman–Crippen LogP) is -1.09. The molecule has 0 rings (SSSR count). The molecule has 0 saturated carbocycles. The van der Waals surface area contributed by atoms with Crippen LogP contribution in [0.25, 0.3) is 0 Å². The van der Waals surface area contributed by atoms with Crippen LogP contribution in [0.1, 0.15) is 40.0 Å². The zero-order chi connectivity index (χ0) is 15.1. The van der Waals surface area contributed by atoms with Crippen LogP contribution in [-0.2, 0) is 0 Å². The van der Waals surface area contributed by atoms with Crippen LogP contribution in [0, 0.1) is 0 Å². The van der Waals surface area contributed by atoms with Crippen molar-refractivity contribution < 1.29 is 15.3 Å². The molecule has 4 unspecified atom stereocenters. The lowest BCUT2D eigenvalue weighted by Crippen LogP contribution is -2.61. The molecule has 0 aliphatic rings. The normalized spacial score (nSPS) is 21.5. The van der Waals surface area contributed by atoms with Gasteiger partial charge in [-0.2, -0.15) is 0 Å². The van der Waals surface area contributed by atoms with Crippen LogP contribution < -0.4 is 16.8 Å². The first-order valence-electron chi connectivity index (χ1n) is 6.97. The number of aliphatic hydroxyl groups is 3. The van der Waals surface area contributed by atoms with E-state index in [2.05, 4.69) is 5.32 Å². The lowest BCUT2D eigenvalue weighted by molar-refractivity contribution is 0.0667. The van der Waals surface area contributed by atoms with Crippen LogP contribution in [-0.4, -0.2) is 58.3 Å². The quantitative estimate of drug-likeness (QED) is 0.301. The third-order valence-electron chi connectivity index (χ3n) is 3.16. The van der Waals surface area contributed by atoms with Gasteiger partial charge in [-0.3, -0.25) is 0 Å². The smallest absolute Gasteiger partial charge is 0.0530 e. The average molecular weight is 277 g/mol. The number of hydrogen-bond donors (Lipinski definition) is 6. The van der Waals surface area contributed by atoms with Gasteiger partial charge in [-0.15, -0.1) is 0 Å². The Kier molecular flexibility index (Phi) is 8.73. The van der Waals surface area contributed by atoms with Crippen LogP contribution in [0.4, 0.5) is 0 Å². The van der Waals surface area contributed by atoms with Crippen LogP contribution in [0.2, 0.25) is 0 Å². The molecule has 0 aliphatic carbocycles. The highest BCUT2D eigenvalue weighted by Crippen LogP contribution is 2.24. The molecular weight excluding hydrogens is 246 g/mol. The third-order valence-corrected chi connectivity index (χ3v) is 3.16. The lowest BCUT2D eigenvalue weighted by atomic mass is 9.78. The molecule has 0 heterocycles. The summed E-state index contributed by atoms with van der Waals surface area (Å²) in [4.78, 5) is 0. The van der Waals surface area contributed by atoms with E-state index in [1.165, 1.54) is 0 Å². The van der Waals surface area contributed by atoms with Gasteiger partial charge < -0.3 is 32.1 Å². The van der Waals surface area contributed by atoms with E-state index in [0.29, 0.717) is 32.4 Å². The molecule has 6 nitrogen and oxygen atoms in total. The first kappa shape index (κ1) is 18.8. The van der Waals surface area contributed by atoms with E-state index in [-0.39, 0.29) is 6.04 Å². The highest BCUT2D eigenvalue weighted by atomic mass is 16.3. The first-order valence-corrected chi connectivity index (χ1v) is 6.97. The van der Waals surface area contributed by atoms with Gasteiger partial charge in [0.25, 0.3) is 0 Å². The molecule has 0 saturated heterocycles. The summed E-state index contributed by atoms with van der Waals surface area (Å²) in [6.07, 6.45) is -0.489. The Hall–Kier alpha value is -0.240. The number of nitrogens with two attached hydrogens (primary N) is 2. The van der Waals surface area contributed by atoms with Gasteiger partial charge in [0.05, 0.1) is 18.3 Å². The number of hydrogen-bond acceptors (Lipinski definition) is 6. The SMILES string of the molecule is CC(O)CC(NCCN)C(N)(CC(C)O)CC(C)O. The molecule has 8 N–H and O–H groups in total. The van der Waals surface area contributed by atoms with Gasteiger partial charge >= 0.3 is 0 Å². The van der Waals surface area contributed by atoms with E-state index in [9.17, 15) is 15.3 Å². The highest BCUT2D eigenvalue weighted by Gasteiger charge is 2.37. The van der Waals surface area contributed by atoms with E-state index < -0.39 is 23.9 Å². The second-order valence-corrected chi connectivity index (χ2v) is 5.72. The topological polar surface area (TPSA) is 125 Å². The average Bonchev–Trinajstić information content (AvgIpc) is 2.20. The molecule has 0 amide bonds. The van der Waals surface area contributed by atoms with Gasteiger partial charge in [0, 0.05) is 24.7 Å². The molecule has 6 heteroatoms. The fourth-order valence-corrected chi connectivity index (χ4v) is 2.59. The van der Waals surface area contributed by atoms with Crippen molar-refractivity contribution >= 4 is 0 Å². The van der Waals surface area contributed by atoms with E-state index in [1.807, 2.05) is 0 Å². The summed E-state index contributed by atoms with van der Waals surface area (Å²) in [5, 5.41) is 32.1. The van der Waals surface area contributed by atoms with Crippen LogP contribution in [0.15, 0.2) is 0 Å². The van der Waals surface area contributed by atoms with Gasteiger partial charge in [-0.25, -0.2) is 0 Å². The second kappa shape index (κ2) is 8.84. The molecule has 19 heavy (non-hydrogen) atoms. The highest BCUT2D eigenvalue weighted by molar-refractivity contribution is 4.99. The summed E-state index contributed by atoms with van der Waals surface area (Å²) in [6.45, 7) is 6.09. The Labute approximate surface area is 116 Å². The molecule has 0 aromatic rings. The maximum Gasteiger partial charge on any atom is 0.0530 e. The minimum Gasteiger partial charge on any atom is -0.393 e. The van der Waals surface area contributed by atoms with Crippen molar-refractivity contribution in [2.75, 3.05) is 13.1 Å². The van der Waals surface area contributed by atoms with Gasteiger partial charge in [-0.05, 0) is 40.0 Å². The van der Waals surface area contributed by atoms with Crippen molar-refractivity contribution in [1.82, 2.24) is 5.32 Å². The fraction of sp³-hybridized carbons (Fsp3) is 1.00. The van der Waals surface area contributed by atoms with E-state index >= 15 is 0 Å². The molecule has 0 bridgehead atoms. The third kappa shape index (κ3) is 7.81. The van der Waals surface area contributed by atoms with E-state index in [1.54, 1.807) is 20.8 Å². The standard InChI is InChI=1S/C13H31N3O3/c1-9(17)6-12(16-5-4-14)13(15,7-10(2)18)8-11(3)19/h9-12,16-19H,4-8,14-15H2,1-3H3. The molecule has 0 aromatic heterocycles. The Morgan fingerprint density at radius 2 is 1.47 bits per heavy atom. The van der Waals surface area contributed by atoms with Gasteiger partial charge in [0.2, 0.25) is 0 Å². The Balaban J connectivity index is 4.96. The van der Waals surface area contributed by atoms with Crippen LogP contribution >= 0.6 is 0 Å². The predicted molar refractivity (Wildman–Crippen MR) is 76.7 cm³/mol. The molecule has 0 aliphatic heterocycles. The largest absolute Gasteiger partial charge is 0.393 e. The molecule has 116 valence electrons. The molecule has 0 aromatic carbocycles. The molecule has 0 radical (unpaired) electrons. The Morgan fingerprint density at radius 3 is 1.79 bits per heavy atom. The fourth-order valence-electron chi connectivity index (χ4n) is 2.59. The Morgan fingerprint density at radius 1 is 1.00 bits per heavy atom. The van der Waals surface area contributed by atoms with E-state index in [0.717, 1.165) is 0 Å². The molecule has 4 atom stereocenters. The van der Waals surface area contributed by atoms with Crippen molar-refractivity contribution in [2.24, 2.45) is 11.5 Å². The summed E-state index contributed by atoms with van der Waals surface area (Å²) >= 11 is 0. The Bertz CT molecular complexity index is 225. The van der Waals surface area contributed by atoms with Gasteiger partial charge in [-0.1, -0.05) is 0 Å². The monoisotopic (exact) mass is 277 g/mol. The number of nitrogens with one attached hydrogen (secondary N) is 1. The summed E-state index contributed by atoms with van der Waals surface area (Å²) in [5.41, 5.74) is 11.1. The van der Waals surface area contributed by atoms with Crippen molar-refractivity contribution in [3.63, 3.8) is 0 Å². The summed E-state index contributed by atoms with van der Waals surface area (Å²) in [6, 6.07) is -0.208. The summed E-state index contributed by atoms with van der Waals surface area (Å²) in [7, 11) is 0. The second-order valence-electron chi connectivity index (χ2n) is 5.72. The van der Waals surface area contributed by atoms with E-state index in [4.69, 9.17) is 11.5 Å². The zero-order valence-electron chi connectivity index (χ0n) is 12.3. The van der Waals surface area contributed by atoms with Crippen molar-refractivity contribution in [3.05, 3.63) is 0 Å².